The zero-order valence-corrected chi connectivity index (χ0v) is 19.7. The van der Waals surface area contributed by atoms with Crippen molar-refractivity contribution < 1.29 is 14.3 Å². The normalized spacial score (nSPS) is 15.9. The highest BCUT2D eigenvalue weighted by Gasteiger charge is 2.34. The van der Waals surface area contributed by atoms with Gasteiger partial charge < -0.3 is 9.47 Å². The number of nitrogens with zero attached hydrogens (tertiary/aromatic N) is 2. The average molecular weight is 489 g/mol. The first-order chi connectivity index (χ1) is 15.3. The molecule has 0 N–H and O–H groups in total. The van der Waals surface area contributed by atoms with Crippen LogP contribution in [-0.2, 0) is 9.53 Å². The Balaban J connectivity index is 2.00. The van der Waals surface area contributed by atoms with Crippen molar-refractivity contribution in [2.24, 2.45) is 4.99 Å². The molecule has 164 valence electrons. The number of fused-ring (bicyclic) bond motifs is 1. The maximum absolute atomic E-state index is 13.5. The third kappa shape index (κ3) is 3.88. The zero-order chi connectivity index (χ0) is 23.0. The summed E-state index contributed by atoms with van der Waals surface area (Å²) >= 11 is 13.4. The number of rotatable bonds is 4. The van der Waals surface area contributed by atoms with Crippen molar-refractivity contribution in [1.29, 1.82) is 0 Å². The molecule has 32 heavy (non-hydrogen) atoms. The van der Waals surface area contributed by atoms with Crippen molar-refractivity contribution in [3.8, 4) is 5.75 Å². The second-order valence-corrected chi connectivity index (χ2v) is 8.81. The zero-order valence-electron chi connectivity index (χ0n) is 17.4. The van der Waals surface area contributed by atoms with Crippen molar-refractivity contribution in [3.05, 3.63) is 94.6 Å². The predicted octanol–water partition coefficient (Wildman–Crippen LogP) is 3.72. The van der Waals surface area contributed by atoms with Crippen LogP contribution in [0, 0.1) is 0 Å². The van der Waals surface area contributed by atoms with Crippen LogP contribution in [0.3, 0.4) is 0 Å². The number of carbonyl (C=O) groups excluding carboxylic acids is 1. The van der Waals surface area contributed by atoms with Gasteiger partial charge in [-0.05, 0) is 36.8 Å². The Hall–Kier alpha value is -2.87. The molecule has 0 spiro atoms. The molecule has 0 radical (unpaired) electrons. The van der Waals surface area contributed by atoms with Crippen molar-refractivity contribution >= 4 is 46.6 Å². The maximum atomic E-state index is 13.5. The van der Waals surface area contributed by atoms with Crippen LogP contribution in [0.15, 0.2) is 63.5 Å². The Morgan fingerprint density at radius 1 is 1.16 bits per heavy atom. The second-order valence-electron chi connectivity index (χ2n) is 6.99. The molecular formula is C23H18Cl2N2O4S. The summed E-state index contributed by atoms with van der Waals surface area (Å²) in [4.78, 5) is 31.3. The molecule has 1 unspecified atom stereocenters. The van der Waals surface area contributed by atoms with Crippen LogP contribution in [0.25, 0.3) is 6.08 Å². The molecule has 4 rings (SSSR count). The molecule has 2 heterocycles. The van der Waals surface area contributed by atoms with Gasteiger partial charge in [-0.25, -0.2) is 9.79 Å². The molecule has 0 bridgehead atoms. The molecule has 0 saturated heterocycles. The quantitative estimate of drug-likeness (QED) is 0.524. The van der Waals surface area contributed by atoms with E-state index >= 15 is 0 Å². The minimum atomic E-state index is -0.745. The second kappa shape index (κ2) is 8.94. The Labute approximate surface area is 197 Å². The van der Waals surface area contributed by atoms with E-state index in [4.69, 9.17) is 32.7 Å². The van der Waals surface area contributed by atoms with Crippen molar-refractivity contribution in [2.75, 3.05) is 14.2 Å². The molecule has 3 aromatic rings. The molecule has 0 saturated carbocycles. The standard InChI is InChI=1S/C23H18Cl2N2O4S/c1-12-19(22(29)31-3)20(14-6-4-5-7-17(14)30-2)27-21(28)18(32-23(27)26-12)11-13-8-9-15(24)16(25)10-13/h4-11,20H,1-3H3. The lowest BCUT2D eigenvalue weighted by atomic mass is 9.95. The molecule has 0 aliphatic carbocycles. The lowest BCUT2D eigenvalue weighted by Crippen LogP contribution is -2.40. The molecule has 1 aliphatic rings. The molecule has 0 amide bonds. The highest BCUT2D eigenvalue weighted by atomic mass is 35.5. The Morgan fingerprint density at radius 2 is 1.91 bits per heavy atom. The third-order valence-corrected chi connectivity index (χ3v) is 6.82. The Kier molecular flexibility index (Phi) is 6.24. The van der Waals surface area contributed by atoms with Crippen LogP contribution in [0.1, 0.15) is 24.1 Å². The van der Waals surface area contributed by atoms with Crippen molar-refractivity contribution in [1.82, 2.24) is 4.57 Å². The van der Waals surface area contributed by atoms with Crippen LogP contribution in [0.2, 0.25) is 10.0 Å². The van der Waals surface area contributed by atoms with Gasteiger partial charge in [0.15, 0.2) is 4.80 Å². The van der Waals surface area contributed by atoms with Gasteiger partial charge in [0.1, 0.15) is 11.8 Å². The summed E-state index contributed by atoms with van der Waals surface area (Å²) in [5.41, 5.74) is 1.86. The first-order valence-electron chi connectivity index (χ1n) is 9.54. The molecular weight excluding hydrogens is 471 g/mol. The van der Waals surface area contributed by atoms with Gasteiger partial charge >= 0.3 is 5.97 Å². The minimum absolute atomic E-state index is 0.283. The summed E-state index contributed by atoms with van der Waals surface area (Å²) in [6, 6.07) is 11.6. The van der Waals surface area contributed by atoms with E-state index in [2.05, 4.69) is 4.99 Å². The van der Waals surface area contributed by atoms with Crippen molar-refractivity contribution in [3.63, 3.8) is 0 Å². The monoisotopic (exact) mass is 488 g/mol. The number of carbonyl (C=O) groups is 1. The average Bonchev–Trinajstić information content (AvgIpc) is 3.09. The topological polar surface area (TPSA) is 69.9 Å². The van der Waals surface area contributed by atoms with E-state index in [1.165, 1.54) is 23.0 Å². The fourth-order valence-corrected chi connectivity index (χ4v) is 4.99. The summed E-state index contributed by atoms with van der Waals surface area (Å²) in [6.07, 6.45) is 1.72. The molecule has 0 fully saturated rings. The van der Waals surface area contributed by atoms with E-state index in [0.29, 0.717) is 36.4 Å². The number of methoxy groups -OCH3 is 2. The first-order valence-corrected chi connectivity index (χ1v) is 11.1. The predicted molar refractivity (Wildman–Crippen MR) is 125 cm³/mol. The summed E-state index contributed by atoms with van der Waals surface area (Å²) in [7, 11) is 2.85. The van der Waals surface area contributed by atoms with Gasteiger partial charge in [0, 0.05) is 5.56 Å². The van der Waals surface area contributed by atoms with Crippen LogP contribution >= 0.6 is 34.5 Å². The maximum Gasteiger partial charge on any atom is 0.338 e. The molecule has 6 nitrogen and oxygen atoms in total. The third-order valence-electron chi connectivity index (χ3n) is 5.10. The van der Waals surface area contributed by atoms with Gasteiger partial charge in [0.05, 0.1) is 40.1 Å². The summed E-state index contributed by atoms with van der Waals surface area (Å²) in [5, 5.41) is 0.823. The molecule has 9 heteroatoms. The molecule has 1 aliphatic heterocycles. The largest absolute Gasteiger partial charge is 0.496 e. The van der Waals surface area contributed by atoms with E-state index < -0.39 is 12.0 Å². The summed E-state index contributed by atoms with van der Waals surface area (Å²) < 4.78 is 12.5. The SMILES string of the molecule is COC(=O)C1=C(C)N=c2sc(=Cc3ccc(Cl)c(Cl)c3)c(=O)n2C1c1ccccc1OC. The number of thiazole rings is 1. The van der Waals surface area contributed by atoms with Crippen LogP contribution in [0.5, 0.6) is 5.75 Å². The van der Waals surface area contributed by atoms with E-state index in [-0.39, 0.29) is 11.1 Å². The lowest BCUT2D eigenvalue weighted by Gasteiger charge is -2.25. The van der Waals surface area contributed by atoms with Crippen molar-refractivity contribution in [2.45, 2.75) is 13.0 Å². The number of allylic oxidation sites excluding steroid dienone is 1. The van der Waals surface area contributed by atoms with Gasteiger partial charge in [-0.2, -0.15) is 0 Å². The number of benzene rings is 2. The minimum Gasteiger partial charge on any atom is -0.496 e. The summed E-state index contributed by atoms with van der Waals surface area (Å²) in [5.74, 6) is -0.00594. The van der Waals surface area contributed by atoms with E-state index in [1.807, 2.05) is 18.2 Å². The Morgan fingerprint density at radius 3 is 2.59 bits per heavy atom. The van der Waals surface area contributed by atoms with Crippen LogP contribution < -0.4 is 19.6 Å². The number of ether oxygens (including phenoxy) is 2. The van der Waals surface area contributed by atoms with E-state index in [1.54, 1.807) is 44.4 Å². The lowest BCUT2D eigenvalue weighted by molar-refractivity contribution is -0.136. The number of hydrogen-bond donors (Lipinski definition) is 0. The van der Waals surface area contributed by atoms with Crippen LogP contribution in [-0.4, -0.2) is 24.8 Å². The first kappa shape index (κ1) is 22.3. The van der Waals surface area contributed by atoms with Gasteiger partial charge in [-0.3, -0.25) is 9.36 Å². The van der Waals surface area contributed by atoms with E-state index in [0.717, 1.165) is 5.56 Å². The van der Waals surface area contributed by atoms with Crippen LogP contribution in [0.4, 0.5) is 0 Å². The van der Waals surface area contributed by atoms with Gasteiger partial charge in [-0.1, -0.05) is 58.8 Å². The molecule has 1 atom stereocenters. The van der Waals surface area contributed by atoms with Gasteiger partial charge in [0.2, 0.25) is 0 Å². The highest BCUT2D eigenvalue weighted by Crippen LogP contribution is 2.35. The van der Waals surface area contributed by atoms with Gasteiger partial charge in [0.25, 0.3) is 5.56 Å². The summed E-state index contributed by atoms with van der Waals surface area (Å²) in [6.45, 7) is 1.73. The fraction of sp³-hybridized carbons (Fsp3) is 0.174. The molecule has 2 aromatic carbocycles. The van der Waals surface area contributed by atoms with Gasteiger partial charge in [-0.15, -0.1) is 0 Å². The number of halogens is 2. The molecule has 1 aromatic heterocycles. The van der Waals surface area contributed by atoms with E-state index in [9.17, 15) is 9.59 Å². The fourth-order valence-electron chi connectivity index (χ4n) is 3.63. The Bertz CT molecular complexity index is 1440. The highest BCUT2D eigenvalue weighted by molar-refractivity contribution is 7.07. The number of esters is 1. The number of hydrogen-bond acceptors (Lipinski definition) is 6. The number of para-hydroxylation sites is 1. The smallest absolute Gasteiger partial charge is 0.338 e. The number of aromatic nitrogens is 1.